The van der Waals surface area contributed by atoms with E-state index in [0.29, 0.717) is 12.1 Å². The van der Waals surface area contributed by atoms with Crippen LogP contribution < -0.4 is 5.32 Å². The first-order valence-electron chi connectivity index (χ1n) is 10.3. The predicted molar refractivity (Wildman–Crippen MR) is 127 cm³/mol. The van der Waals surface area contributed by atoms with Gasteiger partial charge in [-0.05, 0) is 36.6 Å². The summed E-state index contributed by atoms with van der Waals surface area (Å²) in [6.07, 6.45) is 1.92. The smallest absolute Gasteiger partial charge is 0.256 e. The molecule has 3 aromatic carbocycles. The number of rotatable bonds is 6. The molecule has 0 saturated carbocycles. The molecule has 4 rings (SSSR count). The molecule has 4 heteroatoms. The summed E-state index contributed by atoms with van der Waals surface area (Å²) in [6.45, 7) is 4.57. The number of nitrogens with one attached hydrogen (secondary N) is 1. The monoisotopic (exact) mass is 407 g/mol. The van der Waals surface area contributed by atoms with Crippen LogP contribution in [0.4, 0.5) is 5.69 Å². The van der Waals surface area contributed by atoms with Crippen LogP contribution in [0.1, 0.15) is 28.1 Å². The first-order valence-corrected chi connectivity index (χ1v) is 10.3. The zero-order valence-electron chi connectivity index (χ0n) is 17.7. The van der Waals surface area contributed by atoms with E-state index in [1.165, 1.54) is 5.56 Å². The van der Waals surface area contributed by atoms with Crippen LogP contribution in [-0.4, -0.2) is 15.7 Å². The molecule has 0 saturated heterocycles. The number of carbonyl (C=O) groups is 1. The molecule has 0 atom stereocenters. The lowest BCUT2D eigenvalue weighted by atomic mass is 10.0. The van der Waals surface area contributed by atoms with Gasteiger partial charge in [0.15, 0.2) is 0 Å². The molecule has 1 N–H and O–H groups in total. The molecule has 0 unspecified atom stereocenters. The van der Waals surface area contributed by atoms with Crippen LogP contribution in [0.2, 0.25) is 0 Å². The molecule has 0 radical (unpaired) electrons. The molecule has 4 nitrogen and oxygen atoms in total. The Labute approximate surface area is 182 Å². The molecule has 0 fully saturated rings. The van der Waals surface area contributed by atoms with Crippen molar-refractivity contribution >= 4 is 23.2 Å². The van der Waals surface area contributed by atoms with Crippen LogP contribution in [-0.2, 0) is 11.3 Å². The highest BCUT2D eigenvalue weighted by atomic mass is 16.1. The third kappa shape index (κ3) is 4.81. The van der Waals surface area contributed by atoms with Gasteiger partial charge in [-0.2, -0.15) is 5.10 Å². The maximum Gasteiger partial charge on any atom is 0.256 e. The maximum absolute atomic E-state index is 13.4. The van der Waals surface area contributed by atoms with Gasteiger partial charge in [-0.25, -0.2) is 0 Å². The van der Waals surface area contributed by atoms with E-state index in [-0.39, 0.29) is 5.91 Å². The predicted octanol–water partition coefficient (Wildman–Crippen LogP) is 5.73. The van der Waals surface area contributed by atoms with Crippen LogP contribution in [0.5, 0.6) is 0 Å². The first kappa shape index (κ1) is 20.4. The minimum Gasteiger partial charge on any atom is -0.319 e. The molecule has 4 aromatic rings. The minimum absolute atomic E-state index is 0.152. The van der Waals surface area contributed by atoms with E-state index in [1.807, 2.05) is 103 Å². The number of carbonyl (C=O) groups excluding carboxylic acids is 1. The summed E-state index contributed by atoms with van der Waals surface area (Å²) in [6, 6.07) is 29.8. The van der Waals surface area contributed by atoms with Crippen molar-refractivity contribution in [3.05, 3.63) is 119 Å². The van der Waals surface area contributed by atoms with Gasteiger partial charge in [-0.15, -0.1) is 0 Å². The molecule has 31 heavy (non-hydrogen) atoms. The average Bonchev–Trinajstić information content (AvgIpc) is 3.06. The topological polar surface area (TPSA) is 46.9 Å². The number of aromatic nitrogens is 2. The number of benzene rings is 3. The SMILES string of the molecule is Cc1nn(Cc2ccccc2)c(C)c1NC(=O)/C(=C\c1ccccc1)c1ccccc1. The van der Waals surface area contributed by atoms with E-state index < -0.39 is 0 Å². The van der Waals surface area contributed by atoms with Gasteiger partial charge >= 0.3 is 0 Å². The van der Waals surface area contributed by atoms with E-state index in [2.05, 4.69) is 22.5 Å². The fourth-order valence-corrected chi connectivity index (χ4v) is 3.58. The van der Waals surface area contributed by atoms with E-state index in [9.17, 15) is 4.79 Å². The van der Waals surface area contributed by atoms with Crippen molar-refractivity contribution in [3.63, 3.8) is 0 Å². The normalized spacial score (nSPS) is 11.4. The van der Waals surface area contributed by atoms with E-state index in [1.54, 1.807) is 0 Å². The fraction of sp³-hybridized carbons (Fsp3) is 0.111. The molecule has 0 spiro atoms. The maximum atomic E-state index is 13.4. The Balaban J connectivity index is 1.64. The Bertz CT molecular complexity index is 1190. The largest absolute Gasteiger partial charge is 0.319 e. The number of hydrogen-bond donors (Lipinski definition) is 1. The Kier molecular flexibility index (Phi) is 6.08. The van der Waals surface area contributed by atoms with Crippen molar-refractivity contribution in [2.45, 2.75) is 20.4 Å². The Hall–Kier alpha value is -3.92. The molecule has 1 amide bonds. The number of nitrogens with zero attached hydrogens (tertiary/aromatic N) is 2. The van der Waals surface area contributed by atoms with Gasteiger partial charge in [0, 0.05) is 5.57 Å². The van der Waals surface area contributed by atoms with E-state index >= 15 is 0 Å². The number of hydrogen-bond acceptors (Lipinski definition) is 2. The second-order valence-electron chi connectivity index (χ2n) is 7.48. The molecule has 0 aliphatic heterocycles. The lowest BCUT2D eigenvalue weighted by Crippen LogP contribution is -2.15. The lowest BCUT2D eigenvalue weighted by molar-refractivity contribution is -0.111. The summed E-state index contributed by atoms with van der Waals surface area (Å²) < 4.78 is 1.93. The summed E-state index contributed by atoms with van der Waals surface area (Å²) in [4.78, 5) is 13.4. The van der Waals surface area contributed by atoms with E-state index in [0.717, 1.165) is 28.2 Å². The Morgan fingerprint density at radius 1 is 0.871 bits per heavy atom. The second-order valence-corrected chi connectivity index (χ2v) is 7.48. The van der Waals surface area contributed by atoms with Gasteiger partial charge in [0.1, 0.15) is 0 Å². The van der Waals surface area contributed by atoms with Gasteiger partial charge in [0.2, 0.25) is 0 Å². The fourth-order valence-electron chi connectivity index (χ4n) is 3.58. The molecular weight excluding hydrogens is 382 g/mol. The summed E-state index contributed by atoms with van der Waals surface area (Å²) in [7, 11) is 0. The van der Waals surface area contributed by atoms with Crippen LogP contribution in [0.15, 0.2) is 91.0 Å². The number of anilines is 1. The van der Waals surface area contributed by atoms with Crippen LogP contribution in [0, 0.1) is 13.8 Å². The molecule has 0 aliphatic carbocycles. The molecule has 154 valence electrons. The van der Waals surface area contributed by atoms with Crippen LogP contribution in [0.3, 0.4) is 0 Å². The van der Waals surface area contributed by atoms with Gasteiger partial charge < -0.3 is 5.32 Å². The molecular formula is C27H25N3O. The zero-order chi connectivity index (χ0) is 21.6. The Morgan fingerprint density at radius 3 is 2.10 bits per heavy atom. The zero-order valence-corrected chi connectivity index (χ0v) is 17.7. The highest BCUT2D eigenvalue weighted by Crippen LogP contribution is 2.25. The second kappa shape index (κ2) is 9.26. The van der Waals surface area contributed by atoms with E-state index in [4.69, 9.17) is 0 Å². The van der Waals surface area contributed by atoms with Gasteiger partial charge in [-0.3, -0.25) is 9.48 Å². The average molecular weight is 408 g/mol. The highest BCUT2D eigenvalue weighted by molar-refractivity contribution is 6.29. The van der Waals surface area contributed by atoms with Crippen molar-refractivity contribution < 1.29 is 4.79 Å². The summed E-state index contributed by atoms with van der Waals surface area (Å²) in [5.41, 5.74) is 6.12. The molecule has 0 aliphatic rings. The van der Waals surface area contributed by atoms with Crippen LogP contribution >= 0.6 is 0 Å². The first-order chi connectivity index (χ1) is 15.1. The van der Waals surface area contributed by atoms with Crippen molar-refractivity contribution in [1.29, 1.82) is 0 Å². The summed E-state index contributed by atoms with van der Waals surface area (Å²) in [5, 5.41) is 7.77. The minimum atomic E-state index is -0.152. The number of amides is 1. The summed E-state index contributed by atoms with van der Waals surface area (Å²) in [5.74, 6) is -0.152. The summed E-state index contributed by atoms with van der Waals surface area (Å²) >= 11 is 0. The van der Waals surface area contributed by atoms with Crippen molar-refractivity contribution in [1.82, 2.24) is 9.78 Å². The number of aryl methyl sites for hydroxylation is 1. The Morgan fingerprint density at radius 2 is 1.45 bits per heavy atom. The molecule has 1 heterocycles. The highest BCUT2D eigenvalue weighted by Gasteiger charge is 2.18. The standard InChI is InChI=1S/C27H25N3O/c1-20-26(21(2)30(29-20)19-23-14-8-4-9-15-23)28-27(31)25(24-16-10-5-11-17-24)18-22-12-6-3-7-13-22/h3-18H,19H2,1-2H3,(H,28,31)/b25-18-. The molecule has 0 bridgehead atoms. The van der Waals surface area contributed by atoms with Crippen molar-refractivity contribution in [3.8, 4) is 0 Å². The van der Waals surface area contributed by atoms with Gasteiger partial charge in [-0.1, -0.05) is 91.0 Å². The third-order valence-electron chi connectivity index (χ3n) is 5.24. The van der Waals surface area contributed by atoms with Gasteiger partial charge in [0.05, 0.1) is 23.6 Å². The third-order valence-corrected chi connectivity index (χ3v) is 5.24. The van der Waals surface area contributed by atoms with Crippen LogP contribution in [0.25, 0.3) is 11.6 Å². The van der Waals surface area contributed by atoms with Gasteiger partial charge in [0.25, 0.3) is 5.91 Å². The quantitative estimate of drug-likeness (QED) is 0.328. The lowest BCUT2D eigenvalue weighted by Gasteiger charge is -2.11. The molecule has 1 aromatic heterocycles. The van der Waals surface area contributed by atoms with Crippen molar-refractivity contribution in [2.24, 2.45) is 0 Å². The van der Waals surface area contributed by atoms with Crippen molar-refractivity contribution in [2.75, 3.05) is 5.32 Å².